The smallest absolute Gasteiger partial charge is 0.413 e. The summed E-state index contributed by atoms with van der Waals surface area (Å²) in [6.45, 7) is 3.93. The highest BCUT2D eigenvalue weighted by molar-refractivity contribution is 9.10. The van der Waals surface area contributed by atoms with Crippen molar-refractivity contribution in [3.05, 3.63) is 57.8 Å². The molecule has 3 rings (SSSR count). The number of hydrogen-bond acceptors (Lipinski definition) is 4. The van der Waals surface area contributed by atoms with E-state index in [-0.39, 0.29) is 6.61 Å². The van der Waals surface area contributed by atoms with Crippen LogP contribution in [-0.4, -0.2) is 20.7 Å². The molecule has 2 aromatic heterocycles. The minimum atomic E-state index is -0.537. The third-order valence-corrected chi connectivity index (χ3v) is 4.19. The fourth-order valence-corrected chi connectivity index (χ4v) is 2.51. The van der Waals surface area contributed by atoms with E-state index in [2.05, 4.69) is 31.3 Å². The Balaban J connectivity index is 1.78. The van der Waals surface area contributed by atoms with Crippen LogP contribution in [-0.2, 0) is 11.3 Å². The predicted octanol–water partition coefficient (Wildman–Crippen LogP) is 3.86. The molecule has 0 saturated carbocycles. The largest absolute Gasteiger partial charge is 0.444 e. The topological polar surface area (TPSA) is 68.5 Å². The van der Waals surface area contributed by atoms with E-state index in [9.17, 15) is 4.79 Å². The summed E-state index contributed by atoms with van der Waals surface area (Å²) in [6.07, 6.45) is -0.537. The third-order valence-electron chi connectivity index (χ3n) is 3.26. The first-order valence-electron chi connectivity index (χ1n) is 7.05. The van der Waals surface area contributed by atoms with Gasteiger partial charge >= 0.3 is 6.09 Å². The number of carbonyl (C=O) groups is 1. The van der Waals surface area contributed by atoms with Crippen LogP contribution >= 0.6 is 15.9 Å². The number of fused-ring (bicyclic) bond motifs is 1. The highest BCUT2D eigenvalue weighted by Gasteiger charge is 2.14. The molecular formula is C16H15BrN4O2. The molecule has 3 aromatic rings. The number of anilines is 1. The molecule has 0 aliphatic heterocycles. The molecule has 7 heteroatoms. The Bertz CT molecular complexity index is 861. The number of carbonyl (C=O) groups excluding carboxylic acids is 1. The van der Waals surface area contributed by atoms with Crippen molar-refractivity contribution in [2.24, 2.45) is 0 Å². The van der Waals surface area contributed by atoms with Crippen LogP contribution in [0, 0.1) is 13.8 Å². The second kappa shape index (κ2) is 6.37. The van der Waals surface area contributed by atoms with Crippen molar-refractivity contribution in [1.29, 1.82) is 0 Å². The summed E-state index contributed by atoms with van der Waals surface area (Å²) in [4.78, 5) is 16.4. The summed E-state index contributed by atoms with van der Waals surface area (Å²) in [5.74, 6) is 0.513. The van der Waals surface area contributed by atoms with E-state index >= 15 is 0 Å². The van der Waals surface area contributed by atoms with Crippen LogP contribution < -0.4 is 5.32 Å². The fourth-order valence-electron chi connectivity index (χ4n) is 2.17. The zero-order valence-corrected chi connectivity index (χ0v) is 14.3. The SMILES string of the molecule is Cc1cc(NC(=O)OCc2ccccc2)n2nc(C)c(Br)c2n1. The van der Waals surface area contributed by atoms with E-state index in [0.29, 0.717) is 11.5 Å². The summed E-state index contributed by atoms with van der Waals surface area (Å²) >= 11 is 3.46. The van der Waals surface area contributed by atoms with E-state index in [4.69, 9.17) is 4.74 Å². The molecule has 1 amide bonds. The van der Waals surface area contributed by atoms with Crippen LogP contribution in [0.5, 0.6) is 0 Å². The molecule has 0 saturated heterocycles. The monoisotopic (exact) mass is 374 g/mol. The van der Waals surface area contributed by atoms with Gasteiger partial charge in [-0.15, -0.1) is 0 Å². The predicted molar refractivity (Wildman–Crippen MR) is 90.4 cm³/mol. The fraction of sp³-hybridized carbons (Fsp3) is 0.188. The molecule has 0 spiro atoms. The first-order chi connectivity index (χ1) is 11.0. The second-order valence-corrected chi connectivity index (χ2v) is 5.90. The van der Waals surface area contributed by atoms with Crippen LogP contribution in [0.15, 0.2) is 40.9 Å². The van der Waals surface area contributed by atoms with E-state index < -0.39 is 6.09 Å². The Labute approximate surface area is 141 Å². The van der Waals surface area contributed by atoms with Crippen molar-refractivity contribution in [3.63, 3.8) is 0 Å². The van der Waals surface area contributed by atoms with E-state index in [0.717, 1.165) is 21.4 Å². The number of amides is 1. The van der Waals surface area contributed by atoms with Crippen molar-refractivity contribution >= 4 is 33.5 Å². The average molecular weight is 375 g/mol. The van der Waals surface area contributed by atoms with Gasteiger partial charge in [-0.2, -0.15) is 9.61 Å². The second-order valence-electron chi connectivity index (χ2n) is 5.10. The van der Waals surface area contributed by atoms with E-state index in [1.807, 2.05) is 44.2 Å². The van der Waals surface area contributed by atoms with E-state index in [1.165, 1.54) is 0 Å². The van der Waals surface area contributed by atoms with Gasteiger partial charge in [-0.05, 0) is 35.3 Å². The lowest BCUT2D eigenvalue weighted by Crippen LogP contribution is -2.16. The van der Waals surface area contributed by atoms with Crippen LogP contribution in [0.3, 0.4) is 0 Å². The Morgan fingerprint density at radius 2 is 2.04 bits per heavy atom. The van der Waals surface area contributed by atoms with Crippen LogP contribution in [0.2, 0.25) is 0 Å². The van der Waals surface area contributed by atoms with Crippen molar-refractivity contribution < 1.29 is 9.53 Å². The van der Waals surface area contributed by atoms with E-state index in [1.54, 1.807) is 10.6 Å². The lowest BCUT2D eigenvalue weighted by molar-refractivity contribution is 0.155. The van der Waals surface area contributed by atoms with Gasteiger partial charge in [-0.3, -0.25) is 5.32 Å². The number of benzene rings is 1. The maximum atomic E-state index is 12.0. The molecular weight excluding hydrogens is 360 g/mol. The van der Waals surface area contributed by atoms with Gasteiger partial charge in [0.05, 0.1) is 10.2 Å². The minimum Gasteiger partial charge on any atom is -0.444 e. The lowest BCUT2D eigenvalue weighted by atomic mass is 10.2. The van der Waals surface area contributed by atoms with Crippen LogP contribution in [0.4, 0.5) is 10.6 Å². The summed E-state index contributed by atoms with van der Waals surface area (Å²) < 4.78 is 7.62. The summed E-state index contributed by atoms with van der Waals surface area (Å²) in [5, 5.41) is 7.08. The van der Waals surface area contributed by atoms with Gasteiger partial charge in [-0.1, -0.05) is 30.3 Å². The van der Waals surface area contributed by atoms with Crippen molar-refractivity contribution in [1.82, 2.24) is 14.6 Å². The molecule has 0 radical (unpaired) electrons. The Kier molecular flexibility index (Phi) is 4.29. The van der Waals surface area contributed by atoms with Gasteiger partial charge in [0.25, 0.3) is 0 Å². The molecule has 23 heavy (non-hydrogen) atoms. The number of halogens is 1. The molecule has 0 unspecified atom stereocenters. The Morgan fingerprint density at radius 3 is 2.78 bits per heavy atom. The maximum Gasteiger partial charge on any atom is 0.413 e. The highest BCUT2D eigenvalue weighted by Crippen LogP contribution is 2.23. The molecule has 0 aliphatic carbocycles. The molecule has 0 fully saturated rings. The van der Waals surface area contributed by atoms with Gasteiger partial charge < -0.3 is 4.74 Å². The highest BCUT2D eigenvalue weighted by atomic mass is 79.9. The summed E-state index contributed by atoms with van der Waals surface area (Å²) in [6, 6.07) is 11.3. The molecule has 118 valence electrons. The number of aromatic nitrogens is 3. The summed E-state index contributed by atoms with van der Waals surface area (Å²) in [5.41, 5.74) is 3.15. The number of nitrogens with one attached hydrogen (secondary N) is 1. The quantitative estimate of drug-likeness (QED) is 0.755. The maximum absolute atomic E-state index is 12.0. The number of nitrogens with zero attached hydrogens (tertiary/aromatic N) is 3. The Hall–Kier alpha value is -2.41. The van der Waals surface area contributed by atoms with Crippen LogP contribution in [0.25, 0.3) is 5.65 Å². The first-order valence-corrected chi connectivity index (χ1v) is 7.84. The van der Waals surface area contributed by atoms with Crippen molar-refractivity contribution in [3.8, 4) is 0 Å². The zero-order chi connectivity index (χ0) is 16.4. The third kappa shape index (κ3) is 3.34. The number of rotatable bonds is 3. The molecule has 2 heterocycles. The zero-order valence-electron chi connectivity index (χ0n) is 12.7. The first kappa shape index (κ1) is 15.5. The normalized spacial score (nSPS) is 10.7. The molecule has 1 aromatic carbocycles. The van der Waals surface area contributed by atoms with Crippen LogP contribution in [0.1, 0.15) is 17.0 Å². The molecule has 6 nitrogen and oxygen atoms in total. The standard InChI is InChI=1S/C16H15BrN4O2/c1-10-8-13(21-15(18-10)14(17)11(2)20-21)19-16(22)23-9-12-6-4-3-5-7-12/h3-8H,9H2,1-2H3,(H,19,22). The molecule has 0 atom stereocenters. The lowest BCUT2D eigenvalue weighted by Gasteiger charge is -2.09. The van der Waals surface area contributed by atoms with Gasteiger partial charge in [-0.25, -0.2) is 9.78 Å². The van der Waals surface area contributed by atoms with Gasteiger partial charge in [0, 0.05) is 11.8 Å². The van der Waals surface area contributed by atoms with Gasteiger partial charge in [0.1, 0.15) is 12.4 Å². The number of hydrogen-bond donors (Lipinski definition) is 1. The Morgan fingerprint density at radius 1 is 1.30 bits per heavy atom. The van der Waals surface area contributed by atoms with Gasteiger partial charge in [0.15, 0.2) is 5.65 Å². The van der Waals surface area contributed by atoms with Crippen molar-refractivity contribution in [2.45, 2.75) is 20.5 Å². The number of ether oxygens (including phenoxy) is 1. The average Bonchev–Trinajstić information content (AvgIpc) is 2.82. The molecule has 0 bridgehead atoms. The number of aryl methyl sites for hydroxylation is 2. The summed E-state index contributed by atoms with van der Waals surface area (Å²) in [7, 11) is 0. The van der Waals surface area contributed by atoms with Gasteiger partial charge in [0.2, 0.25) is 0 Å². The minimum absolute atomic E-state index is 0.210. The molecule has 1 N–H and O–H groups in total. The van der Waals surface area contributed by atoms with Crippen molar-refractivity contribution in [2.75, 3.05) is 5.32 Å². The molecule has 0 aliphatic rings.